The third-order valence-electron chi connectivity index (χ3n) is 3.71. The van der Waals surface area contributed by atoms with Gasteiger partial charge in [0.25, 0.3) is 0 Å². The van der Waals surface area contributed by atoms with Gasteiger partial charge in [-0.3, -0.25) is 4.57 Å². The van der Waals surface area contributed by atoms with Gasteiger partial charge < -0.3 is 14.5 Å². The molecule has 0 saturated heterocycles. The molecule has 0 amide bonds. The van der Waals surface area contributed by atoms with Crippen LogP contribution in [-0.4, -0.2) is 22.4 Å². The van der Waals surface area contributed by atoms with Gasteiger partial charge in [0.05, 0.1) is 17.4 Å². The number of rotatable bonds is 6. The van der Waals surface area contributed by atoms with Crippen LogP contribution in [0.3, 0.4) is 0 Å². The van der Waals surface area contributed by atoms with E-state index in [4.69, 9.17) is 14.5 Å². The van der Waals surface area contributed by atoms with Crippen LogP contribution in [0.25, 0.3) is 0 Å². The van der Waals surface area contributed by atoms with E-state index in [1.54, 1.807) is 31.2 Å². The highest BCUT2D eigenvalue weighted by Crippen LogP contribution is 2.60. The molecule has 0 aliphatic heterocycles. The Morgan fingerprint density at radius 1 is 1.26 bits per heavy atom. The third-order valence-corrected chi connectivity index (χ3v) is 5.94. The number of benzene rings is 2. The summed E-state index contributed by atoms with van der Waals surface area (Å²) in [5.41, 5.74) is -3.68. The Hall–Kier alpha value is -1.25. The van der Waals surface area contributed by atoms with Crippen LogP contribution >= 0.6 is 36.2 Å². The van der Waals surface area contributed by atoms with Crippen molar-refractivity contribution < 1.29 is 32.7 Å². The zero-order chi connectivity index (χ0) is 20.4. The molecule has 10 heteroatoms. The van der Waals surface area contributed by atoms with Crippen LogP contribution in [0, 0.1) is 0 Å². The van der Waals surface area contributed by atoms with Gasteiger partial charge in [-0.1, -0.05) is 40.2 Å². The van der Waals surface area contributed by atoms with Gasteiger partial charge in [-0.25, -0.2) is 4.79 Å². The fraction of sp³-hybridized carbons (Fsp3) is 0.235. The van der Waals surface area contributed by atoms with Gasteiger partial charge in [0, 0.05) is 10.0 Å². The number of ether oxygens (including phenoxy) is 1. The molecule has 0 saturated carbocycles. The van der Waals surface area contributed by atoms with E-state index in [0.29, 0.717) is 16.7 Å². The molecule has 1 atom stereocenters. The number of carbonyl (C=O) groups is 1. The standard InChI is InChI=1S/C17H16BrF2O5PS/c1-2-25-16(21)12-5-3-4-10(8-12)15(27)11-6-7-13(14(18)9-11)17(19,20)26(22,23)24/h3-9,15,27H,2H2,1H3,(H2,22,23,24). The predicted octanol–water partition coefficient (Wildman–Crippen LogP) is 4.87. The molecule has 2 aromatic rings. The van der Waals surface area contributed by atoms with Gasteiger partial charge >= 0.3 is 19.2 Å². The van der Waals surface area contributed by atoms with E-state index in [0.717, 1.165) is 6.07 Å². The lowest BCUT2D eigenvalue weighted by Gasteiger charge is -2.21. The van der Waals surface area contributed by atoms with E-state index in [1.807, 2.05) is 0 Å². The largest absolute Gasteiger partial charge is 0.462 e. The molecule has 0 heterocycles. The summed E-state index contributed by atoms with van der Waals surface area (Å²) < 4.78 is 43.7. The third kappa shape index (κ3) is 4.78. The zero-order valence-corrected chi connectivity index (χ0v) is 17.3. The molecule has 0 aliphatic carbocycles. The summed E-state index contributed by atoms with van der Waals surface area (Å²) in [6.45, 7) is 1.92. The summed E-state index contributed by atoms with van der Waals surface area (Å²) in [6.07, 6.45) is 0. The Balaban J connectivity index is 2.37. The van der Waals surface area contributed by atoms with E-state index in [-0.39, 0.29) is 11.1 Å². The van der Waals surface area contributed by atoms with Crippen LogP contribution in [0.5, 0.6) is 0 Å². The first-order chi connectivity index (χ1) is 12.5. The second-order valence-electron chi connectivity index (χ2n) is 5.57. The number of hydrogen-bond donors (Lipinski definition) is 3. The van der Waals surface area contributed by atoms with Crippen LogP contribution in [0.15, 0.2) is 46.9 Å². The Morgan fingerprint density at radius 2 is 1.89 bits per heavy atom. The molecule has 5 nitrogen and oxygen atoms in total. The Labute approximate surface area is 168 Å². The molecule has 0 radical (unpaired) electrons. The molecule has 1 unspecified atom stereocenters. The molecule has 2 N–H and O–H groups in total. The van der Waals surface area contributed by atoms with Crippen molar-refractivity contribution in [2.24, 2.45) is 0 Å². The van der Waals surface area contributed by atoms with E-state index in [1.165, 1.54) is 12.1 Å². The minimum atomic E-state index is -5.67. The molecular formula is C17H16BrF2O5PS. The monoisotopic (exact) mass is 480 g/mol. The zero-order valence-electron chi connectivity index (χ0n) is 14.0. The maximum atomic E-state index is 13.9. The Kier molecular flexibility index (Phi) is 6.86. The molecule has 27 heavy (non-hydrogen) atoms. The highest BCUT2D eigenvalue weighted by Gasteiger charge is 2.51. The maximum Gasteiger partial charge on any atom is 0.399 e. The Bertz CT molecular complexity index is 903. The molecule has 2 rings (SSSR count). The summed E-state index contributed by atoms with van der Waals surface area (Å²) in [7, 11) is -5.67. The fourth-order valence-corrected chi connectivity index (χ4v) is 3.97. The summed E-state index contributed by atoms with van der Waals surface area (Å²) in [5, 5.41) is -0.562. The number of carbonyl (C=O) groups excluding carboxylic acids is 1. The van der Waals surface area contributed by atoms with Gasteiger partial charge in [0.2, 0.25) is 0 Å². The smallest absolute Gasteiger partial charge is 0.399 e. The molecular weight excluding hydrogens is 465 g/mol. The van der Waals surface area contributed by atoms with Crippen molar-refractivity contribution in [3.63, 3.8) is 0 Å². The van der Waals surface area contributed by atoms with Gasteiger partial charge in [0.1, 0.15) is 0 Å². The van der Waals surface area contributed by atoms with Crippen LogP contribution < -0.4 is 0 Å². The van der Waals surface area contributed by atoms with Crippen LogP contribution in [-0.2, 0) is 15.0 Å². The van der Waals surface area contributed by atoms with Crippen molar-refractivity contribution in [3.8, 4) is 0 Å². The number of alkyl halides is 2. The van der Waals surface area contributed by atoms with Crippen molar-refractivity contribution in [2.45, 2.75) is 17.8 Å². The lowest BCUT2D eigenvalue weighted by Crippen LogP contribution is -2.14. The van der Waals surface area contributed by atoms with Gasteiger partial charge in [-0.15, -0.1) is 0 Å². The first-order valence-corrected chi connectivity index (χ1v) is 10.6. The SMILES string of the molecule is CCOC(=O)c1cccc(C(S)c2ccc(C(F)(F)P(=O)(O)O)c(Br)c2)c1. The van der Waals surface area contributed by atoms with Crippen molar-refractivity contribution in [1.29, 1.82) is 0 Å². The molecule has 0 aromatic heterocycles. The first kappa shape index (κ1) is 22.0. The van der Waals surface area contributed by atoms with Gasteiger partial charge in [-0.05, 0) is 36.2 Å². The van der Waals surface area contributed by atoms with E-state index in [2.05, 4.69) is 28.6 Å². The topological polar surface area (TPSA) is 83.8 Å². The highest BCUT2D eigenvalue weighted by molar-refractivity contribution is 9.10. The van der Waals surface area contributed by atoms with Crippen molar-refractivity contribution >= 4 is 42.1 Å². The lowest BCUT2D eigenvalue weighted by atomic mass is 10.0. The quantitative estimate of drug-likeness (QED) is 0.312. The molecule has 0 bridgehead atoms. The number of thiol groups is 1. The summed E-state index contributed by atoms with van der Waals surface area (Å²) in [4.78, 5) is 29.6. The summed E-state index contributed by atoms with van der Waals surface area (Å²) >= 11 is 7.42. The number of hydrogen-bond acceptors (Lipinski definition) is 4. The lowest BCUT2D eigenvalue weighted by molar-refractivity contribution is 0.0526. The average Bonchev–Trinajstić information content (AvgIpc) is 2.60. The van der Waals surface area contributed by atoms with Crippen molar-refractivity contribution in [2.75, 3.05) is 6.61 Å². The second-order valence-corrected chi connectivity index (χ2v) is 8.59. The molecule has 0 fully saturated rings. The van der Waals surface area contributed by atoms with Gasteiger partial charge in [-0.2, -0.15) is 21.4 Å². The highest BCUT2D eigenvalue weighted by atomic mass is 79.9. The average molecular weight is 481 g/mol. The Morgan fingerprint density at radius 3 is 2.44 bits per heavy atom. The van der Waals surface area contributed by atoms with Crippen molar-refractivity contribution in [1.82, 2.24) is 0 Å². The van der Waals surface area contributed by atoms with Gasteiger partial charge in [0.15, 0.2) is 0 Å². The number of esters is 1. The maximum absolute atomic E-state index is 13.9. The van der Waals surface area contributed by atoms with Crippen LogP contribution in [0.2, 0.25) is 0 Å². The minimum Gasteiger partial charge on any atom is -0.462 e. The first-order valence-electron chi connectivity index (χ1n) is 7.67. The summed E-state index contributed by atoms with van der Waals surface area (Å²) in [6, 6.07) is 10.1. The van der Waals surface area contributed by atoms with E-state index in [9.17, 15) is 18.1 Å². The molecule has 146 valence electrons. The van der Waals surface area contributed by atoms with Crippen LogP contribution in [0.1, 0.15) is 39.2 Å². The number of halogens is 3. The normalized spacial score (nSPS) is 13.3. The molecule has 0 aliphatic rings. The van der Waals surface area contributed by atoms with E-state index >= 15 is 0 Å². The summed E-state index contributed by atoms with van der Waals surface area (Å²) in [5.74, 6) is -0.488. The fourth-order valence-electron chi connectivity index (χ4n) is 2.34. The van der Waals surface area contributed by atoms with Crippen molar-refractivity contribution in [3.05, 3.63) is 69.2 Å². The minimum absolute atomic E-state index is 0.158. The van der Waals surface area contributed by atoms with E-state index < -0.39 is 30.0 Å². The second kappa shape index (κ2) is 8.41. The predicted molar refractivity (Wildman–Crippen MR) is 103 cm³/mol. The molecule has 2 aromatic carbocycles. The molecule has 0 spiro atoms. The van der Waals surface area contributed by atoms with Crippen LogP contribution in [0.4, 0.5) is 8.78 Å².